The summed E-state index contributed by atoms with van der Waals surface area (Å²) in [6, 6.07) is 6.45. The molecule has 0 aliphatic rings. The molecule has 1 amide bonds. The molecule has 0 saturated heterocycles. The second-order valence-electron chi connectivity index (χ2n) is 4.06. The highest BCUT2D eigenvalue weighted by atomic mass is 35.5. The quantitative estimate of drug-likeness (QED) is 0.505. The molecule has 0 aliphatic heterocycles. The van der Waals surface area contributed by atoms with Crippen molar-refractivity contribution < 1.29 is 9.53 Å². The first-order chi connectivity index (χ1) is 10.6. The van der Waals surface area contributed by atoms with E-state index in [9.17, 15) is 4.79 Å². The second kappa shape index (κ2) is 7.98. The Bertz CT molecular complexity index is 693. The van der Waals surface area contributed by atoms with Gasteiger partial charge in [0.05, 0.1) is 21.3 Å². The number of rotatable bonds is 5. The number of amides is 1. The summed E-state index contributed by atoms with van der Waals surface area (Å²) in [4.78, 5) is 15.5. The predicted octanol–water partition coefficient (Wildman–Crippen LogP) is 3.57. The zero-order valence-corrected chi connectivity index (χ0v) is 13.4. The smallest absolute Gasteiger partial charge is 0.277 e. The van der Waals surface area contributed by atoms with E-state index in [4.69, 9.17) is 39.5 Å². The number of hydrogen-bond donors (Lipinski definition) is 1. The van der Waals surface area contributed by atoms with Gasteiger partial charge in [0.15, 0.2) is 6.61 Å². The average molecular weight is 359 g/mol. The number of aromatic nitrogens is 1. The topological polar surface area (TPSA) is 63.6 Å². The first kappa shape index (κ1) is 16.5. The van der Waals surface area contributed by atoms with E-state index < -0.39 is 5.91 Å². The lowest BCUT2D eigenvalue weighted by atomic mass is 10.3. The van der Waals surface area contributed by atoms with E-state index in [-0.39, 0.29) is 22.4 Å². The lowest BCUT2D eigenvalue weighted by Crippen LogP contribution is -2.24. The number of pyridine rings is 1. The minimum atomic E-state index is -0.442. The third-order valence-corrected chi connectivity index (χ3v) is 3.44. The fourth-order valence-electron chi connectivity index (χ4n) is 1.42. The maximum atomic E-state index is 11.6. The number of benzene rings is 1. The van der Waals surface area contributed by atoms with Gasteiger partial charge in [-0.05, 0) is 12.1 Å². The number of halogens is 3. The summed E-state index contributed by atoms with van der Waals surface area (Å²) in [7, 11) is 0. The lowest BCUT2D eigenvalue weighted by Gasteiger charge is -2.08. The second-order valence-corrected chi connectivity index (χ2v) is 5.29. The van der Waals surface area contributed by atoms with Gasteiger partial charge < -0.3 is 4.74 Å². The molecule has 8 heteroatoms. The van der Waals surface area contributed by atoms with E-state index >= 15 is 0 Å². The van der Waals surface area contributed by atoms with Crippen molar-refractivity contribution in [3.8, 4) is 5.75 Å². The van der Waals surface area contributed by atoms with Crippen LogP contribution in [0, 0.1) is 0 Å². The molecule has 0 radical (unpaired) electrons. The summed E-state index contributed by atoms with van der Waals surface area (Å²) in [5, 5.41) is 4.65. The van der Waals surface area contributed by atoms with Crippen LogP contribution in [-0.2, 0) is 4.79 Å². The van der Waals surface area contributed by atoms with Crippen molar-refractivity contribution >= 4 is 46.9 Å². The first-order valence-corrected chi connectivity index (χ1v) is 7.19. The molecule has 0 spiro atoms. The standard InChI is InChI=1S/C14H10Cl3N3O2/c15-10-4-12(17)13(5-11(10)16)22-8-14(21)20-19-7-9-2-1-3-18-6-9/h1-7H,8H2,(H,20,21). The Kier molecular flexibility index (Phi) is 6.00. The molecular formula is C14H10Cl3N3O2. The predicted molar refractivity (Wildman–Crippen MR) is 86.9 cm³/mol. The van der Waals surface area contributed by atoms with Crippen molar-refractivity contribution in [2.24, 2.45) is 5.10 Å². The van der Waals surface area contributed by atoms with Crippen LogP contribution in [0.25, 0.3) is 0 Å². The number of carbonyl (C=O) groups excluding carboxylic acids is 1. The molecule has 114 valence electrons. The van der Waals surface area contributed by atoms with Crippen LogP contribution in [0.3, 0.4) is 0 Å². The van der Waals surface area contributed by atoms with Gasteiger partial charge in [0.2, 0.25) is 0 Å². The van der Waals surface area contributed by atoms with E-state index in [1.807, 2.05) is 0 Å². The molecule has 0 bridgehead atoms. The minimum Gasteiger partial charge on any atom is -0.482 e. The molecule has 0 fully saturated rings. The highest BCUT2D eigenvalue weighted by Crippen LogP contribution is 2.33. The van der Waals surface area contributed by atoms with Crippen molar-refractivity contribution in [1.82, 2.24) is 10.4 Å². The normalized spacial score (nSPS) is 10.7. The van der Waals surface area contributed by atoms with Gasteiger partial charge in [0.1, 0.15) is 5.75 Å². The molecule has 5 nitrogen and oxygen atoms in total. The van der Waals surface area contributed by atoms with Crippen LogP contribution in [0.5, 0.6) is 5.75 Å². The highest BCUT2D eigenvalue weighted by molar-refractivity contribution is 6.43. The monoisotopic (exact) mass is 357 g/mol. The Labute approximate surface area is 141 Å². The fraction of sp³-hybridized carbons (Fsp3) is 0.0714. The van der Waals surface area contributed by atoms with Gasteiger partial charge in [-0.2, -0.15) is 5.10 Å². The van der Waals surface area contributed by atoms with Crippen molar-refractivity contribution in [3.63, 3.8) is 0 Å². The molecule has 0 saturated carbocycles. The van der Waals surface area contributed by atoms with Gasteiger partial charge in [0, 0.05) is 24.0 Å². The number of ether oxygens (including phenoxy) is 1. The third kappa shape index (κ3) is 4.87. The Morgan fingerprint density at radius 1 is 1.27 bits per heavy atom. The van der Waals surface area contributed by atoms with Crippen molar-refractivity contribution in [1.29, 1.82) is 0 Å². The summed E-state index contributed by atoms with van der Waals surface area (Å²) < 4.78 is 5.26. The van der Waals surface area contributed by atoms with Crippen LogP contribution < -0.4 is 10.2 Å². The Morgan fingerprint density at radius 3 is 2.77 bits per heavy atom. The van der Waals surface area contributed by atoms with E-state index in [1.165, 1.54) is 18.3 Å². The van der Waals surface area contributed by atoms with Gasteiger partial charge in [-0.3, -0.25) is 9.78 Å². The van der Waals surface area contributed by atoms with Gasteiger partial charge >= 0.3 is 0 Å². The molecule has 2 rings (SSSR count). The molecule has 2 aromatic rings. The first-order valence-electron chi connectivity index (χ1n) is 6.05. The fourth-order valence-corrected chi connectivity index (χ4v) is 2.01. The average Bonchev–Trinajstić information content (AvgIpc) is 2.50. The zero-order chi connectivity index (χ0) is 15.9. The highest BCUT2D eigenvalue weighted by Gasteiger charge is 2.09. The molecule has 1 aromatic heterocycles. The van der Waals surface area contributed by atoms with E-state index in [0.29, 0.717) is 5.02 Å². The van der Waals surface area contributed by atoms with Crippen LogP contribution in [0.15, 0.2) is 41.8 Å². The van der Waals surface area contributed by atoms with Gasteiger partial charge in [-0.1, -0.05) is 40.9 Å². The molecule has 1 aromatic carbocycles. The maximum Gasteiger partial charge on any atom is 0.277 e. The summed E-state index contributed by atoms with van der Waals surface area (Å²) in [5.41, 5.74) is 3.08. The molecule has 22 heavy (non-hydrogen) atoms. The van der Waals surface area contributed by atoms with E-state index in [1.54, 1.807) is 24.5 Å². The number of hydrogen-bond acceptors (Lipinski definition) is 4. The molecule has 0 atom stereocenters. The lowest BCUT2D eigenvalue weighted by molar-refractivity contribution is -0.123. The van der Waals surface area contributed by atoms with Gasteiger partial charge in [-0.25, -0.2) is 5.43 Å². The van der Waals surface area contributed by atoms with Crippen LogP contribution >= 0.6 is 34.8 Å². The van der Waals surface area contributed by atoms with Gasteiger partial charge in [-0.15, -0.1) is 0 Å². The van der Waals surface area contributed by atoms with Crippen LogP contribution in [0.4, 0.5) is 0 Å². The number of carbonyl (C=O) groups is 1. The van der Waals surface area contributed by atoms with Crippen LogP contribution in [-0.4, -0.2) is 23.7 Å². The Balaban J connectivity index is 1.86. The Morgan fingerprint density at radius 2 is 2.05 bits per heavy atom. The molecule has 0 aliphatic carbocycles. The minimum absolute atomic E-state index is 0.262. The maximum absolute atomic E-state index is 11.6. The van der Waals surface area contributed by atoms with Crippen molar-refractivity contribution in [3.05, 3.63) is 57.3 Å². The third-order valence-electron chi connectivity index (χ3n) is 2.42. The van der Waals surface area contributed by atoms with Crippen molar-refractivity contribution in [2.75, 3.05) is 6.61 Å². The largest absolute Gasteiger partial charge is 0.482 e. The molecule has 1 heterocycles. The SMILES string of the molecule is O=C(COc1cc(Cl)c(Cl)cc1Cl)NN=Cc1cccnc1. The number of hydrazone groups is 1. The van der Waals surface area contributed by atoms with Gasteiger partial charge in [0.25, 0.3) is 5.91 Å². The summed E-state index contributed by atoms with van der Waals surface area (Å²) >= 11 is 17.6. The molecule has 0 unspecified atom stereocenters. The Hall–Kier alpha value is -1.82. The molecular weight excluding hydrogens is 349 g/mol. The number of nitrogens with zero attached hydrogens (tertiary/aromatic N) is 2. The zero-order valence-electron chi connectivity index (χ0n) is 11.1. The summed E-state index contributed by atoms with van der Waals surface area (Å²) in [5.74, 6) is -0.176. The molecule has 1 N–H and O–H groups in total. The van der Waals surface area contributed by atoms with Crippen molar-refractivity contribution in [2.45, 2.75) is 0 Å². The van der Waals surface area contributed by atoms with Crippen LogP contribution in [0.1, 0.15) is 5.56 Å². The van der Waals surface area contributed by atoms with Crippen LogP contribution in [0.2, 0.25) is 15.1 Å². The summed E-state index contributed by atoms with van der Waals surface area (Å²) in [6.45, 7) is -0.262. The number of nitrogens with one attached hydrogen (secondary N) is 1. The van der Waals surface area contributed by atoms with E-state index in [2.05, 4.69) is 15.5 Å². The summed E-state index contributed by atoms with van der Waals surface area (Å²) in [6.07, 6.45) is 4.73. The van der Waals surface area contributed by atoms with E-state index in [0.717, 1.165) is 5.56 Å².